The third kappa shape index (κ3) is 4.33. The summed E-state index contributed by atoms with van der Waals surface area (Å²) in [6.45, 7) is -0.0892. The minimum atomic E-state index is -4.27. The number of carbonyl (C=O) groups excluding carboxylic acids is 1. The average Bonchev–Trinajstić information content (AvgIpc) is 2.34. The fourth-order valence-electron chi connectivity index (χ4n) is 1.26. The Bertz CT molecular complexity index is 403. The Morgan fingerprint density at radius 3 is 2.56 bits per heavy atom. The van der Waals surface area contributed by atoms with Gasteiger partial charge in [-0.3, -0.25) is 9.78 Å². The molecule has 4 nitrogen and oxygen atoms in total. The number of hydrogen-bond acceptors (Lipinski definition) is 3. The third-order valence-electron chi connectivity index (χ3n) is 2.36. The lowest BCUT2D eigenvalue weighted by Gasteiger charge is -2.17. The molecule has 18 heavy (non-hydrogen) atoms. The lowest BCUT2D eigenvalue weighted by Crippen LogP contribution is -2.31. The second-order valence-electron chi connectivity index (χ2n) is 3.85. The van der Waals surface area contributed by atoms with Gasteiger partial charge in [-0.05, 0) is 11.6 Å². The van der Waals surface area contributed by atoms with Crippen molar-refractivity contribution in [1.82, 2.24) is 9.88 Å². The number of aromatic nitrogens is 1. The van der Waals surface area contributed by atoms with Gasteiger partial charge < -0.3 is 10.6 Å². The molecule has 0 spiro atoms. The predicted molar refractivity (Wildman–Crippen MR) is 59.8 cm³/mol. The van der Waals surface area contributed by atoms with E-state index in [0.29, 0.717) is 6.54 Å². The molecule has 1 aromatic heterocycles. The Labute approximate surface area is 103 Å². The van der Waals surface area contributed by atoms with Crippen molar-refractivity contribution in [2.24, 2.45) is 5.73 Å². The first-order valence-electron chi connectivity index (χ1n) is 5.30. The molecule has 0 aromatic carbocycles. The molecule has 0 unspecified atom stereocenters. The van der Waals surface area contributed by atoms with Crippen LogP contribution >= 0.6 is 0 Å². The lowest BCUT2D eigenvalue weighted by molar-refractivity contribution is -0.136. The summed E-state index contributed by atoms with van der Waals surface area (Å²) in [7, 11) is 1.31. The van der Waals surface area contributed by atoms with Gasteiger partial charge in [-0.1, -0.05) is 6.07 Å². The highest BCUT2D eigenvalue weighted by atomic mass is 19.4. The highest BCUT2D eigenvalue weighted by molar-refractivity contribution is 5.92. The van der Waals surface area contributed by atoms with Crippen LogP contribution in [0, 0.1) is 0 Å². The SMILES string of the molecule is CN(CCC(F)(F)F)C(=O)c1ccc(CN)cn1. The number of halogens is 3. The summed E-state index contributed by atoms with van der Waals surface area (Å²) in [6, 6.07) is 3.08. The normalized spacial score (nSPS) is 11.4. The van der Waals surface area contributed by atoms with E-state index in [1.54, 1.807) is 6.07 Å². The summed E-state index contributed by atoms with van der Waals surface area (Å²) >= 11 is 0. The molecule has 0 aliphatic heterocycles. The van der Waals surface area contributed by atoms with Crippen molar-refractivity contribution in [3.05, 3.63) is 29.6 Å². The molecule has 0 aliphatic carbocycles. The molecular weight excluding hydrogens is 247 g/mol. The van der Waals surface area contributed by atoms with Gasteiger partial charge in [0.05, 0.1) is 6.42 Å². The van der Waals surface area contributed by atoms with Crippen LogP contribution in [0.4, 0.5) is 13.2 Å². The molecule has 1 heterocycles. The summed E-state index contributed by atoms with van der Waals surface area (Å²) < 4.78 is 36.0. The Kier molecular flexibility index (Phi) is 4.66. The Morgan fingerprint density at radius 1 is 1.44 bits per heavy atom. The van der Waals surface area contributed by atoms with E-state index in [-0.39, 0.29) is 12.2 Å². The number of rotatable bonds is 4. The van der Waals surface area contributed by atoms with Gasteiger partial charge in [-0.15, -0.1) is 0 Å². The minimum absolute atomic E-state index is 0.108. The van der Waals surface area contributed by atoms with Crippen molar-refractivity contribution in [2.45, 2.75) is 19.1 Å². The molecule has 2 N–H and O–H groups in total. The first-order valence-corrected chi connectivity index (χ1v) is 5.30. The molecule has 0 fully saturated rings. The fraction of sp³-hybridized carbons (Fsp3) is 0.455. The Balaban J connectivity index is 2.62. The first kappa shape index (κ1) is 14.4. The van der Waals surface area contributed by atoms with E-state index in [1.807, 2.05) is 0 Å². The van der Waals surface area contributed by atoms with Gasteiger partial charge in [0.2, 0.25) is 0 Å². The third-order valence-corrected chi connectivity index (χ3v) is 2.36. The smallest absolute Gasteiger partial charge is 0.340 e. The van der Waals surface area contributed by atoms with E-state index in [4.69, 9.17) is 5.73 Å². The van der Waals surface area contributed by atoms with E-state index < -0.39 is 18.5 Å². The number of pyridine rings is 1. The van der Waals surface area contributed by atoms with Crippen molar-refractivity contribution in [3.8, 4) is 0 Å². The van der Waals surface area contributed by atoms with Crippen molar-refractivity contribution in [2.75, 3.05) is 13.6 Å². The fourth-order valence-corrected chi connectivity index (χ4v) is 1.26. The highest BCUT2D eigenvalue weighted by Gasteiger charge is 2.28. The quantitative estimate of drug-likeness (QED) is 0.894. The predicted octanol–water partition coefficient (Wildman–Crippen LogP) is 1.56. The van der Waals surface area contributed by atoms with Crippen molar-refractivity contribution >= 4 is 5.91 Å². The standard InChI is InChI=1S/C11H14F3N3O/c1-17(5-4-11(12,13)14)10(18)9-3-2-8(6-15)7-16-9/h2-3,7H,4-6,15H2,1H3. The monoisotopic (exact) mass is 261 g/mol. The van der Waals surface area contributed by atoms with E-state index in [1.165, 1.54) is 19.3 Å². The van der Waals surface area contributed by atoms with Crippen LogP contribution in [0.25, 0.3) is 0 Å². The maximum atomic E-state index is 12.0. The highest BCUT2D eigenvalue weighted by Crippen LogP contribution is 2.19. The van der Waals surface area contributed by atoms with Crippen LogP contribution in [0.1, 0.15) is 22.5 Å². The molecule has 0 atom stereocenters. The molecule has 0 saturated heterocycles. The zero-order chi connectivity index (χ0) is 13.8. The summed E-state index contributed by atoms with van der Waals surface area (Å²) in [5, 5.41) is 0. The average molecular weight is 261 g/mol. The van der Waals surface area contributed by atoms with E-state index in [9.17, 15) is 18.0 Å². The van der Waals surface area contributed by atoms with Crippen LogP contribution in [-0.2, 0) is 6.54 Å². The summed E-state index contributed by atoms with van der Waals surface area (Å²) in [5.74, 6) is -0.539. The summed E-state index contributed by atoms with van der Waals surface area (Å²) in [6.07, 6.45) is -3.87. The molecule has 100 valence electrons. The molecule has 0 aliphatic rings. The topological polar surface area (TPSA) is 59.2 Å². The van der Waals surface area contributed by atoms with Crippen molar-refractivity contribution in [3.63, 3.8) is 0 Å². The van der Waals surface area contributed by atoms with E-state index in [0.717, 1.165) is 10.5 Å². The van der Waals surface area contributed by atoms with E-state index in [2.05, 4.69) is 4.98 Å². The Morgan fingerprint density at radius 2 is 2.11 bits per heavy atom. The lowest BCUT2D eigenvalue weighted by atomic mass is 10.2. The van der Waals surface area contributed by atoms with Gasteiger partial charge in [-0.2, -0.15) is 13.2 Å². The van der Waals surface area contributed by atoms with Gasteiger partial charge in [0.15, 0.2) is 0 Å². The molecule has 0 bridgehead atoms. The maximum Gasteiger partial charge on any atom is 0.390 e. The zero-order valence-electron chi connectivity index (χ0n) is 9.87. The van der Waals surface area contributed by atoms with Crippen LogP contribution < -0.4 is 5.73 Å². The second-order valence-corrected chi connectivity index (χ2v) is 3.85. The van der Waals surface area contributed by atoms with Crippen molar-refractivity contribution < 1.29 is 18.0 Å². The molecule has 0 saturated carbocycles. The van der Waals surface area contributed by atoms with E-state index >= 15 is 0 Å². The summed E-state index contributed by atoms with van der Waals surface area (Å²) in [5.41, 5.74) is 6.23. The number of amides is 1. The van der Waals surface area contributed by atoms with Crippen LogP contribution in [0.2, 0.25) is 0 Å². The molecule has 1 rings (SSSR count). The molecule has 1 aromatic rings. The molecule has 0 radical (unpaired) electrons. The second kappa shape index (κ2) is 5.81. The van der Waals surface area contributed by atoms with Crippen molar-refractivity contribution in [1.29, 1.82) is 0 Å². The number of nitrogens with two attached hydrogens (primary N) is 1. The van der Waals surface area contributed by atoms with Crippen LogP contribution in [0.3, 0.4) is 0 Å². The largest absolute Gasteiger partial charge is 0.390 e. The first-order chi connectivity index (χ1) is 8.33. The Hall–Kier alpha value is -1.63. The van der Waals surface area contributed by atoms with Gasteiger partial charge in [0, 0.05) is 26.3 Å². The minimum Gasteiger partial charge on any atom is -0.340 e. The zero-order valence-corrected chi connectivity index (χ0v) is 9.87. The van der Waals surface area contributed by atoms with Crippen LogP contribution in [0.5, 0.6) is 0 Å². The number of carbonyl (C=O) groups is 1. The van der Waals surface area contributed by atoms with Gasteiger partial charge in [0.25, 0.3) is 5.91 Å². The summed E-state index contributed by atoms with van der Waals surface area (Å²) in [4.78, 5) is 16.6. The molecule has 1 amide bonds. The molecular formula is C11H14F3N3O. The van der Waals surface area contributed by atoms with Crippen LogP contribution in [-0.4, -0.2) is 35.6 Å². The molecule has 7 heteroatoms. The van der Waals surface area contributed by atoms with Gasteiger partial charge >= 0.3 is 6.18 Å². The van der Waals surface area contributed by atoms with Gasteiger partial charge in [-0.25, -0.2) is 0 Å². The number of nitrogens with zero attached hydrogens (tertiary/aromatic N) is 2. The van der Waals surface area contributed by atoms with Crippen LogP contribution in [0.15, 0.2) is 18.3 Å². The maximum absolute atomic E-state index is 12.0. The van der Waals surface area contributed by atoms with Gasteiger partial charge in [0.1, 0.15) is 5.69 Å². The number of hydrogen-bond donors (Lipinski definition) is 1. The number of alkyl halides is 3.